The summed E-state index contributed by atoms with van der Waals surface area (Å²) in [6.45, 7) is 4.30. The maximum absolute atomic E-state index is 5.50. The lowest BCUT2D eigenvalue weighted by Crippen LogP contribution is -2.43. The molecule has 0 bridgehead atoms. The zero-order valence-corrected chi connectivity index (χ0v) is 11.5. The molecule has 1 N–H and O–H groups in total. The first kappa shape index (κ1) is 12.9. The number of piperidine rings is 1. The molecule has 2 heterocycles. The number of aromatic nitrogens is 2. The Labute approximate surface area is 107 Å². The normalized spacial score (nSPS) is 25.1. The van der Waals surface area contributed by atoms with Crippen molar-refractivity contribution < 1.29 is 4.52 Å². The van der Waals surface area contributed by atoms with Crippen molar-refractivity contribution in [3.05, 3.63) is 11.7 Å². The summed E-state index contributed by atoms with van der Waals surface area (Å²) in [6.07, 6.45) is 6.69. The number of thioether (sulfide) groups is 1. The number of rotatable bonds is 5. The van der Waals surface area contributed by atoms with Crippen LogP contribution in [0.15, 0.2) is 4.52 Å². The van der Waals surface area contributed by atoms with Gasteiger partial charge in [0, 0.05) is 6.54 Å². The third kappa shape index (κ3) is 2.83. The van der Waals surface area contributed by atoms with E-state index in [1.807, 2.05) is 0 Å². The monoisotopic (exact) mass is 255 g/mol. The van der Waals surface area contributed by atoms with E-state index >= 15 is 0 Å². The molecule has 0 saturated carbocycles. The highest BCUT2D eigenvalue weighted by molar-refractivity contribution is 7.97. The van der Waals surface area contributed by atoms with Crippen LogP contribution in [0.4, 0.5) is 0 Å². The fraction of sp³-hybridized carbons (Fsp3) is 0.833. The highest BCUT2D eigenvalue weighted by Gasteiger charge is 2.38. The van der Waals surface area contributed by atoms with E-state index in [0.29, 0.717) is 0 Å². The topological polar surface area (TPSA) is 51.0 Å². The number of nitrogens with zero attached hydrogens (tertiary/aromatic N) is 2. The fourth-order valence-electron chi connectivity index (χ4n) is 2.61. The van der Waals surface area contributed by atoms with Gasteiger partial charge in [0.25, 0.3) is 0 Å². The smallest absolute Gasteiger partial charge is 0.234 e. The second kappa shape index (κ2) is 5.87. The van der Waals surface area contributed by atoms with E-state index in [1.54, 1.807) is 11.8 Å². The van der Waals surface area contributed by atoms with Crippen LogP contribution in [0.25, 0.3) is 0 Å². The van der Waals surface area contributed by atoms with E-state index in [1.165, 1.54) is 6.42 Å². The molecule has 2 rings (SSSR count). The summed E-state index contributed by atoms with van der Waals surface area (Å²) in [5.74, 6) is 2.50. The molecule has 0 amide bonds. The summed E-state index contributed by atoms with van der Waals surface area (Å²) in [5.41, 5.74) is 0.0800. The first-order chi connectivity index (χ1) is 8.30. The molecule has 0 radical (unpaired) electrons. The van der Waals surface area contributed by atoms with Gasteiger partial charge in [0.15, 0.2) is 5.82 Å². The molecular formula is C12H21N3OS. The second-order valence-electron chi connectivity index (χ2n) is 4.76. The van der Waals surface area contributed by atoms with Gasteiger partial charge in [-0.25, -0.2) is 0 Å². The fourth-order valence-corrected chi connectivity index (χ4v) is 2.98. The van der Waals surface area contributed by atoms with Gasteiger partial charge in [-0.15, -0.1) is 0 Å². The third-order valence-electron chi connectivity index (χ3n) is 3.40. The molecule has 0 aromatic carbocycles. The molecule has 5 heteroatoms. The Kier molecular flexibility index (Phi) is 4.45. The molecule has 1 fully saturated rings. The Bertz CT molecular complexity index is 342. The van der Waals surface area contributed by atoms with Gasteiger partial charge in [-0.05, 0) is 32.1 Å². The Hall–Kier alpha value is -0.550. The Balaban J connectivity index is 2.18. The van der Waals surface area contributed by atoms with Crippen molar-refractivity contribution in [1.29, 1.82) is 0 Å². The van der Waals surface area contributed by atoms with Crippen molar-refractivity contribution in [3.63, 3.8) is 0 Å². The SMILES string of the molecule is CCCC1(c2nc(CSC)no2)CCCNC1. The third-order valence-corrected chi connectivity index (χ3v) is 3.94. The molecule has 1 aliphatic rings. The Morgan fingerprint density at radius 3 is 3.06 bits per heavy atom. The standard InChI is InChI=1S/C12H21N3OS/c1-3-5-12(6-4-7-13-9-12)11-14-10(8-17-2)15-16-11/h13H,3-9H2,1-2H3. The molecule has 1 atom stereocenters. The Morgan fingerprint density at radius 1 is 1.53 bits per heavy atom. The van der Waals surface area contributed by atoms with Crippen molar-refractivity contribution in [2.24, 2.45) is 0 Å². The lowest BCUT2D eigenvalue weighted by atomic mass is 9.77. The summed E-state index contributed by atoms with van der Waals surface area (Å²) < 4.78 is 5.50. The molecule has 1 unspecified atom stereocenters. The van der Waals surface area contributed by atoms with Crippen LogP contribution in [-0.4, -0.2) is 29.5 Å². The molecular weight excluding hydrogens is 234 g/mol. The van der Waals surface area contributed by atoms with Crippen LogP contribution in [-0.2, 0) is 11.2 Å². The summed E-state index contributed by atoms with van der Waals surface area (Å²) >= 11 is 1.73. The maximum atomic E-state index is 5.50. The quantitative estimate of drug-likeness (QED) is 0.875. The van der Waals surface area contributed by atoms with Crippen LogP contribution in [0, 0.1) is 0 Å². The molecule has 1 aromatic rings. The van der Waals surface area contributed by atoms with E-state index in [0.717, 1.165) is 49.8 Å². The minimum absolute atomic E-state index is 0.0800. The van der Waals surface area contributed by atoms with Crippen LogP contribution in [0.2, 0.25) is 0 Å². The van der Waals surface area contributed by atoms with E-state index < -0.39 is 0 Å². The predicted molar refractivity (Wildman–Crippen MR) is 70.2 cm³/mol. The minimum Gasteiger partial charge on any atom is -0.339 e. The van der Waals surface area contributed by atoms with Crippen LogP contribution in [0.1, 0.15) is 44.3 Å². The number of hydrogen-bond acceptors (Lipinski definition) is 5. The molecule has 1 saturated heterocycles. The van der Waals surface area contributed by atoms with Crippen molar-refractivity contribution in [1.82, 2.24) is 15.5 Å². The number of hydrogen-bond donors (Lipinski definition) is 1. The van der Waals surface area contributed by atoms with Gasteiger partial charge in [0.05, 0.1) is 11.2 Å². The first-order valence-electron chi connectivity index (χ1n) is 6.33. The summed E-state index contributed by atoms with van der Waals surface area (Å²) in [7, 11) is 0. The van der Waals surface area contributed by atoms with Gasteiger partial charge in [0.2, 0.25) is 5.89 Å². The van der Waals surface area contributed by atoms with Crippen LogP contribution in [0.3, 0.4) is 0 Å². The first-order valence-corrected chi connectivity index (χ1v) is 7.73. The highest BCUT2D eigenvalue weighted by Crippen LogP contribution is 2.34. The van der Waals surface area contributed by atoms with Gasteiger partial charge in [0.1, 0.15) is 0 Å². The van der Waals surface area contributed by atoms with Crippen LogP contribution in [0.5, 0.6) is 0 Å². The predicted octanol–water partition coefficient (Wildman–Crippen LogP) is 2.35. The Morgan fingerprint density at radius 2 is 2.41 bits per heavy atom. The molecule has 96 valence electrons. The molecule has 4 nitrogen and oxygen atoms in total. The maximum Gasteiger partial charge on any atom is 0.234 e. The molecule has 0 spiro atoms. The van der Waals surface area contributed by atoms with Crippen molar-refractivity contribution in [2.75, 3.05) is 19.3 Å². The van der Waals surface area contributed by atoms with Gasteiger partial charge in [-0.3, -0.25) is 0 Å². The summed E-state index contributed by atoms with van der Waals surface area (Å²) in [5, 5.41) is 7.54. The van der Waals surface area contributed by atoms with Crippen molar-refractivity contribution in [2.45, 2.75) is 43.8 Å². The van der Waals surface area contributed by atoms with Gasteiger partial charge in [-0.1, -0.05) is 18.5 Å². The number of nitrogens with one attached hydrogen (secondary N) is 1. The highest BCUT2D eigenvalue weighted by atomic mass is 32.2. The second-order valence-corrected chi connectivity index (χ2v) is 5.63. The minimum atomic E-state index is 0.0800. The van der Waals surface area contributed by atoms with Crippen LogP contribution < -0.4 is 5.32 Å². The molecule has 0 aliphatic carbocycles. The van der Waals surface area contributed by atoms with Crippen LogP contribution >= 0.6 is 11.8 Å². The van der Waals surface area contributed by atoms with E-state index in [-0.39, 0.29) is 5.41 Å². The van der Waals surface area contributed by atoms with Crippen molar-refractivity contribution >= 4 is 11.8 Å². The zero-order valence-electron chi connectivity index (χ0n) is 10.7. The van der Waals surface area contributed by atoms with E-state index in [4.69, 9.17) is 4.52 Å². The average molecular weight is 255 g/mol. The van der Waals surface area contributed by atoms with Gasteiger partial charge in [-0.2, -0.15) is 16.7 Å². The van der Waals surface area contributed by atoms with E-state index in [2.05, 4.69) is 28.6 Å². The molecule has 1 aromatic heterocycles. The lowest BCUT2D eigenvalue weighted by molar-refractivity contribution is 0.213. The lowest BCUT2D eigenvalue weighted by Gasteiger charge is -2.34. The molecule has 17 heavy (non-hydrogen) atoms. The van der Waals surface area contributed by atoms with E-state index in [9.17, 15) is 0 Å². The van der Waals surface area contributed by atoms with Gasteiger partial charge < -0.3 is 9.84 Å². The summed E-state index contributed by atoms with van der Waals surface area (Å²) in [4.78, 5) is 4.58. The zero-order chi connectivity index (χ0) is 12.1. The largest absolute Gasteiger partial charge is 0.339 e. The molecule has 1 aliphatic heterocycles. The average Bonchev–Trinajstić information content (AvgIpc) is 2.80. The van der Waals surface area contributed by atoms with Gasteiger partial charge >= 0.3 is 0 Å². The van der Waals surface area contributed by atoms with Crippen molar-refractivity contribution in [3.8, 4) is 0 Å². The summed E-state index contributed by atoms with van der Waals surface area (Å²) in [6, 6.07) is 0.